The van der Waals surface area contributed by atoms with E-state index in [4.69, 9.17) is 4.74 Å². The minimum Gasteiger partial charge on any atom is -0.497 e. The van der Waals surface area contributed by atoms with E-state index in [1.165, 1.54) is 11.3 Å². The Labute approximate surface area is 143 Å². The first-order valence-electron chi connectivity index (χ1n) is 7.72. The Bertz CT molecular complexity index is 820. The average molecular weight is 343 g/mol. The second-order valence-electron chi connectivity index (χ2n) is 5.57. The van der Waals surface area contributed by atoms with E-state index in [-0.39, 0.29) is 5.91 Å². The molecular weight excluding hydrogens is 326 g/mol. The molecule has 0 spiro atoms. The summed E-state index contributed by atoms with van der Waals surface area (Å²) in [6, 6.07) is 8.01. The lowest BCUT2D eigenvalue weighted by Gasteiger charge is -2.35. The molecule has 0 atom stereocenters. The van der Waals surface area contributed by atoms with Crippen LogP contribution in [0, 0.1) is 0 Å². The molecule has 1 saturated heterocycles. The molecule has 0 N–H and O–H groups in total. The second-order valence-corrected chi connectivity index (χ2v) is 6.38. The SMILES string of the molecule is COc1ccc(N2CCN(C(=O)c3cn4ncsc4n3)CC2)cc1. The molecule has 124 valence electrons. The highest BCUT2D eigenvalue weighted by Gasteiger charge is 2.24. The van der Waals surface area contributed by atoms with Gasteiger partial charge in [-0.15, -0.1) is 0 Å². The zero-order valence-corrected chi connectivity index (χ0v) is 14.1. The molecule has 0 radical (unpaired) electrons. The standard InChI is InChI=1S/C16H17N5O2S/c1-23-13-4-2-12(3-5-13)19-6-8-20(9-7-19)15(22)14-10-21-16(18-14)24-11-17-21/h2-5,10-11H,6-9H2,1H3. The average Bonchev–Trinajstić information content (AvgIpc) is 3.23. The topological polar surface area (TPSA) is 63.0 Å². The summed E-state index contributed by atoms with van der Waals surface area (Å²) in [4.78, 5) is 21.8. The van der Waals surface area contributed by atoms with Crippen molar-refractivity contribution in [2.75, 3.05) is 38.2 Å². The number of anilines is 1. The number of carbonyl (C=O) groups excluding carboxylic acids is 1. The number of hydrogen-bond donors (Lipinski definition) is 0. The number of amides is 1. The number of rotatable bonds is 3. The van der Waals surface area contributed by atoms with Gasteiger partial charge in [0.25, 0.3) is 5.91 Å². The van der Waals surface area contributed by atoms with Crippen LogP contribution in [0.2, 0.25) is 0 Å². The number of hydrogen-bond acceptors (Lipinski definition) is 6. The van der Waals surface area contributed by atoms with Crippen molar-refractivity contribution < 1.29 is 9.53 Å². The number of methoxy groups -OCH3 is 1. The minimum atomic E-state index is -0.0259. The number of fused-ring (bicyclic) bond motifs is 1. The number of aromatic nitrogens is 3. The Balaban J connectivity index is 1.41. The van der Waals surface area contributed by atoms with Gasteiger partial charge in [-0.2, -0.15) is 5.10 Å². The molecule has 24 heavy (non-hydrogen) atoms. The van der Waals surface area contributed by atoms with E-state index in [1.54, 1.807) is 23.3 Å². The summed E-state index contributed by atoms with van der Waals surface area (Å²) < 4.78 is 6.83. The molecule has 8 heteroatoms. The zero-order valence-electron chi connectivity index (χ0n) is 13.3. The highest BCUT2D eigenvalue weighted by Crippen LogP contribution is 2.21. The van der Waals surface area contributed by atoms with Crippen molar-refractivity contribution in [3.05, 3.63) is 41.7 Å². The predicted octanol–water partition coefficient (Wildman–Crippen LogP) is 1.76. The van der Waals surface area contributed by atoms with Crippen molar-refractivity contribution in [1.82, 2.24) is 19.5 Å². The molecule has 2 aromatic heterocycles. The Morgan fingerprint density at radius 3 is 2.58 bits per heavy atom. The van der Waals surface area contributed by atoms with Crippen LogP contribution in [-0.2, 0) is 0 Å². The Morgan fingerprint density at radius 1 is 1.17 bits per heavy atom. The predicted molar refractivity (Wildman–Crippen MR) is 92.0 cm³/mol. The summed E-state index contributed by atoms with van der Waals surface area (Å²) in [5.74, 6) is 0.822. The molecule has 0 unspecified atom stereocenters. The fourth-order valence-electron chi connectivity index (χ4n) is 2.86. The number of piperazine rings is 1. The van der Waals surface area contributed by atoms with Crippen molar-refractivity contribution >= 4 is 27.9 Å². The van der Waals surface area contributed by atoms with Gasteiger partial charge in [0.05, 0.1) is 13.3 Å². The third-order valence-electron chi connectivity index (χ3n) is 4.21. The quantitative estimate of drug-likeness (QED) is 0.725. The molecular formula is C16H17N5O2S. The molecule has 0 aliphatic carbocycles. The molecule has 0 bridgehead atoms. The third-order valence-corrected chi connectivity index (χ3v) is 4.90. The number of imidazole rings is 1. The van der Waals surface area contributed by atoms with E-state index in [0.29, 0.717) is 18.8 Å². The maximum absolute atomic E-state index is 12.6. The first-order chi connectivity index (χ1) is 11.7. The van der Waals surface area contributed by atoms with E-state index in [2.05, 4.69) is 15.0 Å². The summed E-state index contributed by atoms with van der Waals surface area (Å²) in [6.07, 6.45) is 1.70. The van der Waals surface area contributed by atoms with E-state index in [0.717, 1.165) is 29.5 Å². The molecule has 1 aliphatic heterocycles. The molecule has 3 aromatic rings. The molecule has 4 rings (SSSR count). The molecule has 1 aromatic carbocycles. The third kappa shape index (κ3) is 2.69. The highest BCUT2D eigenvalue weighted by molar-refractivity contribution is 7.14. The van der Waals surface area contributed by atoms with Crippen LogP contribution < -0.4 is 9.64 Å². The summed E-state index contributed by atoms with van der Waals surface area (Å²) in [5.41, 5.74) is 3.33. The maximum atomic E-state index is 12.6. The summed E-state index contributed by atoms with van der Waals surface area (Å²) in [5, 5.41) is 4.12. The van der Waals surface area contributed by atoms with E-state index >= 15 is 0 Å². The number of benzene rings is 1. The summed E-state index contributed by atoms with van der Waals surface area (Å²) in [7, 11) is 1.66. The fourth-order valence-corrected chi connectivity index (χ4v) is 3.47. The first-order valence-corrected chi connectivity index (χ1v) is 8.60. The van der Waals surface area contributed by atoms with Gasteiger partial charge in [-0.3, -0.25) is 4.79 Å². The van der Waals surface area contributed by atoms with Gasteiger partial charge in [0.15, 0.2) is 0 Å². The number of ether oxygens (including phenoxy) is 1. The minimum absolute atomic E-state index is 0.0259. The molecule has 1 aliphatic rings. The van der Waals surface area contributed by atoms with Gasteiger partial charge < -0.3 is 14.5 Å². The Kier molecular flexibility index (Phi) is 3.81. The van der Waals surface area contributed by atoms with Crippen molar-refractivity contribution in [2.45, 2.75) is 0 Å². The maximum Gasteiger partial charge on any atom is 0.274 e. The van der Waals surface area contributed by atoms with E-state index in [9.17, 15) is 4.79 Å². The highest BCUT2D eigenvalue weighted by atomic mass is 32.1. The zero-order chi connectivity index (χ0) is 16.5. The van der Waals surface area contributed by atoms with Gasteiger partial charge in [0, 0.05) is 31.9 Å². The van der Waals surface area contributed by atoms with Gasteiger partial charge in [0.2, 0.25) is 4.96 Å². The van der Waals surface area contributed by atoms with Crippen LogP contribution in [0.1, 0.15) is 10.5 Å². The lowest BCUT2D eigenvalue weighted by molar-refractivity contribution is 0.0741. The van der Waals surface area contributed by atoms with Crippen LogP contribution in [0.4, 0.5) is 5.69 Å². The van der Waals surface area contributed by atoms with Crippen LogP contribution >= 0.6 is 11.3 Å². The molecule has 1 fully saturated rings. The van der Waals surface area contributed by atoms with Crippen LogP contribution in [-0.4, -0.2) is 58.7 Å². The number of nitrogens with zero attached hydrogens (tertiary/aromatic N) is 5. The van der Waals surface area contributed by atoms with E-state index < -0.39 is 0 Å². The number of carbonyl (C=O) groups is 1. The smallest absolute Gasteiger partial charge is 0.274 e. The van der Waals surface area contributed by atoms with E-state index in [1.807, 2.05) is 29.2 Å². The van der Waals surface area contributed by atoms with Crippen LogP contribution in [0.15, 0.2) is 36.0 Å². The molecule has 0 saturated carbocycles. The summed E-state index contributed by atoms with van der Waals surface area (Å²) in [6.45, 7) is 2.98. The second kappa shape index (κ2) is 6.12. The van der Waals surface area contributed by atoms with Gasteiger partial charge in [-0.1, -0.05) is 11.3 Å². The fraction of sp³-hybridized carbons (Fsp3) is 0.312. The molecule has 3 heterocycles. The van der Waals surface area contributed by atoms with Crippen molar-refractivity contribution in [3.8, 4) is 5.75 Å². The van der Waals surface area contributed by atoms with Crippen LogP contribution in [0.25, 0.3) is 4.96 Å². The monoisotopic (exact) mass is 343 g/mol. The van der Waals surface area contributed by atoms with Crippen LogP contribution in [0.3, 0.4) is 0 Å². The van der Waals surface area contributed by atoms with Crippen molar-refractivity contribution in [2.24, 2.45) is 0 Å². The lowest BCUT2D eigenvalue weighted by Crippen LogP contribution is -2.48. The summed E-state index contributed by atoms with van der Waals surface area (Å²) >= 11 is 1.42. The van der Waals surface area contributed by atoms with Gasteiger partial charge in [-0.05, 0) is 24.3 Å². The van der Waals surface area contributed by atoms with Gasteiger partial charge in [-0.25, -0.2) is 9.50 Å². The molecule has 7 nitrogen and oxygen atoms in total. The lowest BCUT2D eigenvalue weighted by atomic mass is 10.2. The normalized spacial score (nSPS) is 15.0. The van der Waals surface area contributed by atoms with Crippen molar-refractivity contribution in [1.29, 1.82) is 0 Å². The molecule has 1 amide bonds. The van der Waals surface area contributed by atoms with Gasteiger partial charge in [0.1, 0.15) is 17.0 Å². The Hall–Kier alpha value is -2.61. The van der Waals surface area contributed by atoms with Gasteiger partial charge >= 0.3 is 0 Å². The first kappa shape index (κ1) is 14.9. The van der Waals surface area contributed by atoms with Crippen LogP contribution in [0.5, 0.6) is 5.75 Å². The largest absolute Gasteiger partial charge is 0.497 e. The van der Waals surface area contributed by atoms with Crippen molar-refractivity contribution in [3.63, 3.8) is 0 Å². The Morgan fingerprint density at radius 2 is 1.92 bits per heavy atom.